The molecule has 0 bridgehead atoms. The zero-order valence-electron chi connectivity index (χ0n) is 4.47. The van der Waals surface area contributed by atoms with E-state index in [1.165, 1.54) is 0 Å². The normalized spacial score (nSPS) is 10.2. The van der Waals surface area contributed by atoms with Crippen LogP contribution in [0, 0.1) is 0 Å². The number of rotatable bonds is 4. The van der Waals surface area contributed by atoms with E-state index in [1.807, 2.05) is 0 Å². The minimum Gasteiger partial charge on any atom is -0.251 e. The van der Waals surface area contributed by atoms with Crippen LogP contribution in [0.1, 0.15) is 12.8 Å². The van der Waals surface area contributed by atoms with Crippen LogP contribution < -0.4 is 0 Å². The summed E-state index contributed by atoms with van der Waals surface area (Å²) in [4.78, 5) is 0. The van der Waals surface area contributed by atoms with Gasteiger partial charge in [-0.1, -0.05) is 0 Å². The maximum atomic E-state index is 11.2. The van der Waals surface area contributed by atoms with E-state index < -0.39 is 17.4 Å². The molecule has 0 aliphatic carbocycles. The predicted octanol–water partition coefficient (Wildman–Crippen LogP) is 0.348. The maximum Gasteiger partial charge on any atom is 0.140 e. The topological polar surface area (TPSA) is 34.1 Å². The standard InChI is InChI=1S/C4H9FO2S/c5-3-1-2-4-8(6)7/h8H,1-4H2. The Kier molecular flexibility index (Phi) is 4.95. The number of halogens is 1. The van der Waals surface area contributed by atoms with Crippen LogP contribution in [0.4, 0.5) is 4.39 Å². The van der Waals surface area contributed by atoms with Crippen LogP contribution in [0.15, 0.2) is 0 Å². The van der Waals surface area contributed by atoms with Gasteiger partial charge in [-0.15, -0.1) is 0 Å². The Bertz CT molecular complexity index is 103. The zero-order valence-corrected chi connectivity index (χ0v) is 5.36. The van der Waals surface area contributed by atoms with Crippen LogP contribution in [0.5, 0.6) is 0 Å². The number of thiol groups is 1. The third kappa shape index (κ3) is 5.88. The maximum absolute atomic E-state index is 11.2. The van der Waals surface area contributed by atoms with Crippen molar-refractivity contribution >= 4 is 10.7 Å². The summed E-state index contributed by atoms with van der Waals surface area (Å²) >= 11 is 0. The highest BCUT2D eigenvalue weighted by atomic mass is 32.2. The highest BCUT2D eigenvalue weighted by Gasteiger charge is 1.86. The van der Waals surface area contributed by atoms with E-state index >= 15 is 0 Å². The number of alkyl halides is 1. The Morgan fingerprint density at radius 2 is 1.88 bits per heavy atom. The highest BCUT2D eigenvalue weighted by molar-refractivity contribution is 7.72. The molecular weight excluding hydrogens is 131 g/mol. The smallest absolute Gasteiger partial charge is 0.140 e. The number of hydrogen-bond donors (Lipinski definition) is 1. The molecule has 0 fully saturated rings. The van der Waals surface area contributed by atoms with Crippen LogP contribution in [-0.4, -0.2) is 20.8 Å². The molecule has 0 atom stereocenters. The van der Waals surface area contributed by atoms with E-state index in [1.54, 1.807) is 0 Å². The lowest BCUT2D eigenvalue weighted by Gasteiger charge is -1.84. The van der Waals surface area contributed by atoms with Crippen LogP contribution in [0.2, 0.25) is 0 Å². The summed E-state index contributed by atoms with van der Waals surface area (Å²) < 4.78 is 30.8. The molecule has 0 spiro atoms. The lowest BCUT2D eigenvalue weighted by atomic mass is 10.4. The molecule has 50 valence electrons. The Morgan fingerprint density at radius 3 is 2.25 bits per heavy atom. The second kappa shape index (κ2) is 5.03. The van der Waals surface area contributed by atoms with Crippen molar-refractivity contribution in [3.63, 3.8) is 0 Å². The molecule has 0 aromatic rings. The third-order valence-corrected chi connectivity index (χ3v) is 1.41. The van der Waals surface area contributed by atoms with Crippen LogP contribution >= 0.6 is 0 Å². The van der Waals surface area contributed by atoms with Crippen molar-refractivity contribution in [2.75, 3.05) is 12.4 Å². The molecule has 0 radical (unpaired) electrons. The quantitative estimate of drug-likeness (QED) is 0.451. The van der Waals surface area contributed by atoms with Gasteiger partial charge in [-0.2, -0.15) is 0 Å². The first-order valence-corrected chi connectivity index (χ1v) is 3.81. The minimum atomic E-state index is -2.28. The molecule has 2 nitrogen and oxygen atoms in total. The molecule has 0 aliphatic rings. The Labute approximate surface area is 49.7 Å². The number of unbranched alkanes of at least 4 members (excludes halogenated alkanes) is 1. The summed E-state index contributed by atoms with van der Waals surface area (Å²) in [6, 6.07) is 0. The molecule has 4 heteroatoms. The SMILES string of the molecule is O=[SH](=O)CCCCF. The minimum absolute atomic E-state index is 0.124. The van der Waals surface area contributed by atoms with Crippen molar-refractivity contribution in [2.45, 2.75) is 12.8 Å². The van der Waals surface area contributed by atoms with Crippen molar-refractivity contribution in [3.8, 4) is 0 Å². The molecule has 0 N–H and O–H groups in total. The van der Waals surface area contributed by atoms with Gasteiger partial charge in [0.15, 0.2) is 0 Å². The van der Waals surface area contributed by atoms with E-state index in [-0.39, 0.29) is 5.75 Å². The van der Waals surface area contributed by atoms with Crippen LogP contribution in [0.3, 0.4) is 0 Å². The molecule has 0 saturated heterocycles. The third-order valence-electron chi connectivity index (χ3n) is 0.724. The van der Waals surface area contributed by atoms with E-state index in [2.05, 4.69) is 0 Å². The van der Waals surface area contributed by atoms with Gasteiger partial charge in [0, 0.05) is 5.75 Å². The summed E-state index contributed by atoms with van der Waals surface area (Å²) in [6.45, 7) is -0.414. The van der Waals surface area contributed by atoms with Gasteiger partial charge in [-0.25, -0.2) is 8.42 Å². The Balaban J connectivity index is 2.94. The summed E-state index contributed by atoms with van der Waals surface area (Å²) in [7, 11) is -2.28. The average Bonchev–Trinajstić information content (AvgIpc) is 1.66. The first kappa shape index (κ1) is 7.88. The van der Waals surface area contributed by atoms with Gasteiger partial charge in [0.05, 0.1) is 6.67 Å². The molecule has 0 amide bonds. The van der Waals surface area contributed by atoms with Gasteiger partial charge in [-0.05, 0) is 12.8 Å². The van der Waals surface area contributed by atoms with E-state index in [4.69, 9.17) is 0 Å². The fourth-order valence-electron chi connectivity index (χ4n) is 0.335. The van der Waals surface area contributed by atoms with Gasteiger partial charge >= 0.3 is 0 Å². The molecule has 0 rings (SSSR count). The summed E-state index contributed by atoms with van der Waals surface area (Å²) in [5.41, 5.74) is 0. The van der Waals surface area contributed by atoms with E-state index in [0.29, 0.717) is 12.8 Å². The molecule has 0 aliphatic heterocycles. The fraction of sp³-hybridized carbons (Fsp3) is 1.00. The van der Waals surface area contributed by atoms with E-state index in [0.717, 1.165) is 0 Å². The predicted molar refractivity (Wildman–Crippen MR) is 30.4 cm³/mol. The monoisotopic (exact) mass is 140 g/mol. The molecule has 0 heterocycles. The van der Waals surface area contributed by atoms with Gasteiger partial charge in [0.2, 0.25) is 0 Å². The lowest BCUT2D eigenvalue weighted by molar-refractivity contribution is 0.469. The average molecular weight is 140 g/mol. The summed E-state index contributed by atoms with van der Waals surface area (Å²) in [5, 5.41) is 0. The van der Waals surface area contributed by atoms with Gasteiger partial charge in [0.25, 0.3) is 0 Å². The highest BCUT2D eigenvalue weighted by Crippen LogP contribution is 1.87. The van der Waals surface area contributed by atoms with Crippen molar-refractivity contribution < 1.29 is 12.8 Å². The molecule has 8 heavy (non-hydrogen) atoms. The molecule has 0 aromatic carbocycles. The number of hydrogen-bond acceptors (Lipinski definition) is 2. The second-order valence-corrected chi connectivity index (χ2v) is 2.57. The fourth-order valence-corrected chi connectivity index (χ4v) is 0.817. The second-order valence-electron chi connectivity index (χ2n) is 1.45. The van der Waals surface area contributed by atoms with Crippen LogP contribution in [0.25, 0.3) is 0 Å². The van der Waals surface area contributed by atoms with Crippen molar-refractivity contribution in [3.05, 3.63) is 0 Å². The van der Waals surface area contributed by atoms with Crippen LogP contribution in [-0.2, 0) is 10.7 Å². The van der Waals surface area contributed by atoms with Gasteiger partial charge in [0.1, 0.15) is 10.7 Å². The Hall–Kier alpha value is -0.120. The van der Waals surface area contributed by atoms with Gasteiger partial charge < -0.3 is 0 Å². The first-order valence-electron chi connectivity index (χ1n) is 2.45. The summed E-state index contributed by atoms with van der Waals surface area (Å²) in [5.74, 6) is 0.124. The van der Waals surface area contributed by atoms with E-state index in [9.17, 15) is 12.8 Å². The lowest BCUT2D eigenvalue weighted by Crippen LogP contribution is -1.87. The molecule has 0 aromatic heterocycles. The van der Waals surface area contributed by atoms with Crippen molar-refractivity contribution in [1.82, 2.24) is 0 Å². The molecular formula is C4H9FO2S. The largest absolute Gasteiger partial charge is 0.251 e. The summed E-state index contributed by atoms with van der Waals surface area (Å²) in [6.07, 6.45) is 0.818. The molecule has 0 saturated carbocycles. The van der Waals surface area contributed by atoms with Gasteiger partial charge in [-0.3, -0.25) is 4.39 Å². The first-order chi connectivity index (χ1) is 3.77. The zero-order chi connectivity index (χ0) is 6.41. The van der Waals surface area contributed by atoms with Crippen molar-refractivity contribution in [1.29, 1.82) is 0 Å². The Morgan fingerprint density at radius 1 is 1.25 bits per heavy atom. The molecule has 0 unspecified atom stereocenters. The van der Waals surface area contributed by atoms with Crippen molar-refractivity contribution in [2.24, 2.45) is 0 Å².